The van der Waals surface area contributed by atoms with Gasteiger partial charge in [0.05, 0.1) is 0 Å². The number of hydrogen-bond acceptors (Lipinski definition) is 2. The molecule has 0 unspecified atom stereocenters. The fourth-order valence-electron chi connectivity index (χ4n) is 1.15. The highest BCUT2D eigenvalue weighted by Crippen LogP contribution is 2.16. The minimum atomic E-state index is -0.441. The van der Waals surface area contributed by atoms with Gasteiger partial charge >= 0.3 is 5.97 Å². The molecule has 1 rings (SSSR count). The van der Waals surface area contributed by atoms with Crippen LogP contribution in [0.4, 0.5) is 0 Å². The SMILES string of the molecule is C=CC(=O)OC(=CC)c1ccc(C)cc1. The third kappa shape index (κ3) is 3.09. The normalized spacial score (nSPS) is 10.9. The van der Waals surface area contributed by atoms with E-state index in [9.17, 15) is 4.79 Å². The largest absolute Gasteiger partial charge is 0.423 e. The van der Waals surface area contributed by atoms with Gasteiger partial charge in [-0.05, 0) is 19.9 Å². The van der Waals surface area contributed by atoms with E-state index in [1.54, 1.807) is 6.08 Å². The van der Waals surface area contributed by atoms with E-state index in [0.717, 1.165) is 11.6 Å². The number of carbonyl (C=O) groups excluding carboxylic acids is 1. The van der Waals surface area contributed by atoms with Crippen molar-refractivity contribution in [3.8, 4) is 0 Å². The quantitative estimate of drug-likeness (QED) is 0.427. The first-order valence-corrected chi connectivity index (χ1v) is 4.75. The Morgan fingerprint density at radius 2 is 1.93 bits per heavy atom. The molecule has 0 aliphatic carbocycles. The van der Waals surface area contributed by atoms with Crippen LogP contribution in [-0.4, -0.2) is 5.97 Å². The summed E-state index contributed by atoms with van der Waals surface area (Å²) < 4.78 is 5.08. The zero-order valence-corrected chi connectivity index (χ0v) is 8.99. The number of benzene rings is 1. The summed E-state index contributed by atoms with van der Waals surface area (Å²) in [5.41, 5.74) is 2.06. The highest BCUT2D eigenvalue weighted by Gasteiger charge is 2.04. The Balaban J connectivity index is 2.89. The molecule has 1 aromatic rings. The lowest BCUT2D eigenvalue weighted by atomic mass is 10.1. The van der Waals surface area contributed by atoms with Gasteiger partial charge in [0.25, 0.3) is 0 Å². The average Bonchev–Trinajstić information content (AvgIpc) is 2.27. The van der Waals surface area contributed by atoms with E-state index in [4.69, 9.17) is 4.74 Å². The summed E-state index contributed by atoms with van der Waals surface area (Å²) >= 11 is 0. The summed E-state index contributed by atoms with van der Waals surface area (Å²) in [6.07, 6.45) is 2.91. The van der Waals surface area contributed by atoms with E-state index in [0.29, 0.717) is 5.76 Å². The van der Waals surface area contributed by atoms with Crippen molar-refractivity contribution in [2.45, 2.75) is 13.8 Å². The van der Waals surface area contributed by atoms with Gasteiger partial charge in [0.1, 0.15) is 5.76 Å². The Morgan fingerprint density at radius 1 is 1.33 bits per heavy atom. The molecule has 0 bridgehead atoms. The van der Waals surface area contributed by atoms with Crippen LogP contribution in [0.5, 0.6) is 0 Å². The van der Waals surface area contributed by atoms with Crippen molar-refractivity contribution >= 4 is 11.7 Å². The smallest absolute Gasteiger partial charge is 0.335 e. The fourth-order valence-corrected chi connectivity index (χ4v) is 1.15. The second kappa shape index (κ2) is 5.15. The number of rotatable bonds is 3. The Kier molecular flexibility index (Phi) is 3.86. The van der Waals surface area contributed by atoms with Crippen LogP contribution in [0.2, 0.25) is 0 Å². The highest BCUT2D eigenvalue weighted by molar-refractivity contribution is 5.86. The molecule has 0 saturated heterocycles. The van der Waals surface area contributed by atoms with Crippen LogP contribution in [-0.2, 0) is 9.53 Å². The molecular weight excluding hydrogens is 188 g/mol. The predicted molar refractivity (Wildman–Crippen MR) is 61.1 cm³/mol. The number of allylic oxidation sites excluding steroid dienone is 1. The number of aryl methyl sites for hydroxylation is 1. The Morgan fingerprint density at radius 3 is 2.40 bits per heavy atom. The van der Waals surface area contributed by atoms with Crippen molar-refractivity contribution in [2.75, 3.05) is 0 Å². The van der Waals surface area contributed by atoms with Crippen LogP contribution >= 0.6 is 0 Å². The first-order valence-electron chi connectivity index (χ1n) is 4.75. The predicted octanol–water partition coefficient (Wildman–Crippen LogP) is 3.09. The van der Waals surface area contributed by atoms with Crippen LogP contribution in [0.1, 0.15) is 18.1 Å². The molecule has 0 atom stereocenters. The van der Waals surface area contributed by atoms with Gasteiger partial charge < -0.3 is 4.74 Å². The summed E-state index contributed by atoms with van der Waals surface area (Å²) in [6.45, 7) is 7.19. The molecule has 0 heterocycles. The Hall–Kier alpha value is -1.83. The molecule has 0 aliphatic heterocycles. The van der Waals surface area contributed by atoms with E-state index in [1.165, 1.54) is 5.56 Å². The zero-order chi connectivity index (χ0) is 11.3. The lowest BCUT2D eigenvalue weighted by Crippen LogP contribution is -1.99. The molecule has 0 amide bonds. The molecule has 78 valence electrons. The van der Waals surface area contributed by atoms with E-state index in [1.807, 2.05) is 38.1 Å². The van der Waals surface area contributed by atoms with Gasteiger partial charge in [0, 0.05) is 11.6 Å². The molecule has 0 aliphatic rings. The number of ether oxygens (including phenoxy) is 1. The lowest BCUT2D eigenvalue weighted by molar-refractivity contribution is -0.131. The summed E-state index contributed by atoms with van der Waals surface area (Å²) in [4.78, 5) is 11.0. The molecule has 0 fully saturated rings. The lowest BCUT2D eigenvalue weighted by Gasteiger charge is -2.06. The Labute approximate surface area is 89.9 Å². The molecule has 0 spiro atoms. The summed E-state index contributed by atoms with van der Waals surface area (Å²) in [6, 6.07) is 7.78. The van der Waals surface area contributed by atoms with Gasteiger partial charge in [0.2, 0.25) is 0 Å². The second-order valence-electron chi connectivity index (χ2n) is 3.14. The zero-order valence-electron chi connectivity index (χ0n) is 8.99. The maximum atomic E-state index is 11.0. The van der Waals surface area contributed by atoms with Crippen LogP contribution < -0.4 is 0 Å². The van der Waals surface area contributed by atoms with Crippen LogP contribution in [0.3, 0.4) is 0 Å². The standard InChI is InChI=1S/C13H14O2/c1-4-12(15-13(14)5-2)11-8-6-10(3)7-9-11/h4-9H,2H2,1,3H3. The number of carbonyl (C=O) groups is 1. The molecule has 0 N–H and O–H groups in total. The third-order valence-electron chi connectivity index (χ3n) is 1.98. The van der Waals surface area contributed by atoms with E-state index in [2.05, 4.69) is 6.58 Å². The van der Waals surface area contributed by atoms with Crippen molar-refractivity contribution < 1.29 is 9.53 Å². The third-order valence-corrected chi connectivity index (χ3v) is 1.98. The van der Waals surface area contributed by atoms with Gasteiger partial charge in [-0.15, -0.1) is 0 Å². The summed E-state index contributed by atoms with van der Waals surface area (Å²) in [5.74, 6) is 0.114. The topological polar surface area (TPSA) is 26.3 Å². The molecule has 1 aromatic carbocycles. The van der Waals surface area contributed by atoms with Crippen molar-refractivity contribution in [3.05, 3.63) is 54.1 Å². The monoisotopic (exact) mass is 202 g/mol. The highest BCUT2D eigenvalue weighted by atomic mass is 16.5. The van der Waals surface area contributed by atoms with Crippen LogP contribution in [0.25, 0.3) is 5.76 Å². The maximum Gasteiger partial charge on any atom is 0.335 e. The second-order valence-corrected chi connectivity index (χ2v) is 3.14. The number of hydrogen-bond donors (Lipinski definition) is 0. The van der Waals surface area contributed by atoms with Gasteiger partial charge in [-0.1, -0.05) is 36.4 Å². The molecule has 0 radical (unpaired) electrons. The van der Waals surface area contributed by atoms with Crippen LogP contribution in [0.15, 0.2) is 43.0 Å². The molecule has 0 saturated carbocycles. The minimum Gasteiger partial charge on any atom is -0.423 e. The molecular formula is C13H14O2. The van der Waals surface area contributed by atoms with Gasteiger partial charge in [0.15, 0.2) is 0 Å². The molecule has 2 heteroatoms. The van der Waals surface area contributed by atoms with E-state index < -0.39 is 5.97 Å². The minimum absolute atomic E-state index is 0.441. The van der Waals surface area contributed by atoms with E-state index in [-0.39, 0.29) is 0 Å². The molecule has 0 aromatic heterocycles. The average molecular weight is 202 g/mol. The van der Waals surface area contributed by atoms with Gasteiger partial charge in [-0.3, -0.25) is 0 Å². The maximum absolute atomic E-state index is 11.0. The van der Waals surface area contributed by atoms with Crippen molar-refractivity contribution in [2.24, 2.45) is 0 Å². The van der Waals surface area contributed by atoms with E-state index >= 15 is 0 Å². The van der Waals surface area contributed by atoms with Crippen molar-refractivity contribution in [1.82, 2.24) is 0 Å². The fraction of sp³-hybridized carbons (Fsp3) is 0.154. The summed E-state index contributed by atoms with van der Waals surface area (Å²) in [7, 11) is 0. The first-order chi connectivity index (χ1) is 7.17. The van der Waals surface area contributed by atoms with Gasteiger partial charge in [-0.25, -0.2) is 4.79 Å². The molecule has 2 nitrogen and oxygen atoms in total. The van der Waals surface area contributed by atoms with Crippen LogP contribution in [0, 0.1) is 6.92 Å². The van der Waals surface area contributed by atoms with Crippen molar-refractivity contribution in [3.63, 3.8) is 0 Å². The first kappa shape index (κ1) is 11.2. The van der Waals surface area contributed by atoms with Gasteiger partial charge in [-0.2, -0.15) is 0 Å². The summed E-state index contributed by atoms with van der Waals surface area (Å²) in [5, 5.41) is 0. The molecule has 15 heavy (non-hydrogen) atoms. The Bertz CT molecular complexity index is 386. The number of esters is 1. The van der Waals surface area contributed by atoms with Crippen molar-refractivity contribution in [1.29, 1.82) is 0 Å².